The first-order valence-corrected chi connectivity index (χ1v) is 5.36. The first-order valence-electron chi connectivity index (χ1n) is 4.54. The smallest absolute Gasteiger partial charge is 0.163 e. The molecule has 2 nitrogen and oxygen atoms in total. The first kappa shape index (κ1) is 9.46. The van der Waals surface area contributed by atoms with Crippen molar-refractivity contribution in [1.82, 2.24) is 0 Å². The summed E-state index contributed by atoms with van der Waals surface area (Å²) in [6.45, 7) is 4.01. The fourth-order valence-corrected chi connectivity index (χ4v) is 2.51. The molecule has 1 atom stereocenters. The van der Waals surface area contributed by atoms with Crippen molar-refractivity contribution in [3.8, 4) is 0 Å². The largest absolute Gasteiger partial charge is 0.489 e. The number of aryl methyl sites for hydroxylation is 1. The van der Waals surface area contributed by atoms with Gasteiger partial charge >= 0.3 is 0 Å². The second-order valence-corrected chi connectivity index (χ2v) is 4.99. The monoisotopic (exact) mass is 208 g/mol. The maximum absolute atomic E-state index is 11.3. The molecular weight excluding hydrogens is 196 g/mol. The number of hydrogen-bond donors (Lipinski definition) is 0. The van der Waals surface area contributed by atoms with Crippen LogP contribution < -0.4 is 0 Å². The number of carbonyl (C=O) groups is 1. The molecule has 0 spiro atoms. The molecular formula is C11H12O2S. The van der Waals surface area contributed by atoms with Crippen molar-refractivity contribution in [1.29, 1.82) is 0 Å². The molecule has 0 N–H and O–H groups in total. The predicted octanol–water partition coefficient (Wildman–Crippen LogP) is 2.77. The molecule has 3 heteroatoms. The molecule has 0 aliphatic carbocycles. The van der Waals surface area contributed by atoms with Crippen LogP contribution in [-0.2, 0) is 15.1 Å². The van der Waals surface area contributed by atoms with E-state index in [1.165, 1.54) is 17.2 Å². The van der Waals surface area contributed by atoms with Crippen LogP contribution in [0.1, 0.15) is 23.1 Å². The van der Waals surface area contributed by atoms with Crippen molar-refractivity contribution in [2.24, 2.45) is 0 Å². The van der Waals surface area contributed by atoms with Crippen LogP contribution in [0, 0.1) is 6.92 Å². The summed E-state index contributed by atoms with van der Waals surface area (Å²) < 4.78 is 5.54. The Morgan fingerprint density at radius 3 is 2.86 bits per heavy atom. The standard InChI is InChI=1S/C11H12O2S/c1-8-3-4-10(14-8)11(2)7-9(12)5-6-13-11/h3-6H,7H2,1-2H3. The normalized spacial score (nSPS) is 26.3. The third-order valence-electron chi connectivity index (χ3n) is 2.36. The highest BCUT2D eigenvalue weighted by atomic mass is 32.1. The maximum Gasteiger partial charge on any atom is 0.163 e. The number of hydrogen-bond acceptors (Lipinski definition) is 3. The third kappa shape index (κ3) is 1.60. The SMILES string of the molecule is Cc1ccc(C2(C)CC(=O)C=CO2)s1. The average molecular weight is 208 g/mol. The fraction of sp³-hybridized carbons (Fsp3) is 0.364. The van der Waals surface area contributed by atoms with Gasteiger partial charge in [-0.15, -0.1) is 11.3 Å². The van der Waals surface area contributed by atoms with Crippen LogP contribution in [0.15, 0.2) is 24.5 Å². The van der Waals surface area contributed by atoms with Gasteiger partial charge in [0.2, 0.25) is 0 Å². The Morgan fingerprint density at radius 2 is 2.29 bits per heavy atom. The van der Waals surface area contributed by atoms with Crippen LogP contribution >= 0.6 is 11.3 Å². The zero-order valence-electron chi connectivity index (χ0n) is 8.24. The molecule has 0 radical (unpaired) electrons. The van der Waals surface area contributed by atoms with E-state index in [1.807, 2.05) is 13.0 Å². The van der Waals surface area contributed by atoms with Gasteiger partial charge in [0.25, 0.3) is 0 Å². The van der Waals surface area contributed by atoms with E-state index in [9.17, 15) is 4.79 Å². The van der Waals surface area contributed by atoms with E-state index in [2.05, 4.69) is 13.0 Å². The topological polar surface area (TPSA) is 26.3 Å². The lowest BCUT2D eigenvalue weighted by Crippen LogP contribution is -2.28. The molecule has 0 bridgehead atoms. The van der Waals surface area contributed by atoms with Crippen LogP contribution in [0.3, 0.4) is 0 Å². The number of ether oxygens (including phenoxy) is 1. The van der Waals surface area contributed by atoms with Gasteiger partial charge in [-0.1, -0.05) is 0 Å². The Morgan fingerprint density at radius 1 is 1.50 bits per heavy atom. The summed E-state index contributed by atoms with van der Waals surface area (Å²) in [5.74, 6) is 0.129. The average Bonchev–Trinajstić information content (AvgIpc) is 2.52. The molecule has 1 aromatic rings. The van der Waals surface area contributed by atoms with Gasteiger partial charge < -0.3 is 4.74 Å². The second kappa shape index (κ2) is 3.24. The molecule has 1 aliphatic rings. The van der Waals surface area contributed by atoms with Gasteiger partial charge in [-0.05, 0) is 26.0 Å². The highest BCUT2D eigenvalue weighted by Gasteiger charge is 2.33. The second-order valence-electron chi connectivity index (χ2n) is 3.70. The minimum Gasteiger partial charge on any atom is -0.489 e. The van der Waals surface area contributed by atoms with E-state index in [0.29, 0.717) is 6.42 Å². The van der Waals surface area contributed by atoms with E-state index in [4.69, 9.17) is 4.74 Å². The molecule has 0 fully saturated rings. The number of thiophene rings is 1. The van der Waals surface area contributed by atoms with Crippen molar-refractivity contribution in [3.63, 3.8) is 0 Å². The lowest BCUT2D eigenvalue weighted by molar-refractivity contribution is -0.121. The molecule has 1 unspecified atom stereocenters. The molecule has 74 valence electrons. The maximum atomic E-state index is 11.3. The molecule has 2 heterocycles. The summed E-state index contributed by atoms with van der Waals surface area (Å²) >= 11 is 1.68. The van der Waals surface area contributed by atoms with E-state index in [0.717, 1.165) is 4.88 Å². The third-order valence-corrected chi connectivity index (χ3v) is 3.60. The summed E-state index contributed by atoms with van der Waals surface area (Å²) in [7, 11) is 0. The van der Waals surface area contributed by atoms with Crippen LogP contribution in [0.4, 0.5) is 0 Å². The lowest BCUT2D eigenvalue weighted by Gasteiger charge is -2.29. The Labute approximate surface area is 87.2 Å². The molecule has 0 aromatic carbocycles. The van der Waals surface area contributed by atoms with Gasteiger partial charge in [-0.25, -0.2) is 0 Å². The van der Waals surface area contributed by atoms with Gasteiger partial charge in [0.15, 0.2) is 5.78 Å². The summed E-state index contributed by atoms with van der Waals surface area (Å²) in [6.07, 6.45) is 3.42. The molecule has 1 aromatic heterocycles. The lowest BCUT2D eigenvalue weighted by atomic mass is 9.95. The molecule has 0 saturated carbocycles. The summed E-state index contributed by atoms with van der Waals surface area (Å²) in [5, 5.41) is 0. The first-order chi connectivity index (χ1) is 6.60. The Kier molecular flexibility index (Phi) is 2.19. The van der Waals surface area contributed by atoms with Gasteiger partial charge in [-0.2, -0.15) is 0 Å². The highest BCUT2D eigenvalue weighted by molar-refractivity contribution is 7.12. The fourth-order valence-electron chi connectivity index (χ4n) is 1.56. The predicted molar refractivity (Wildman–Crippen MR) is 56.3 cm³/mol. The Bertz CT molecular complexity index is 392. The molecule has 1 aliphatic heterocycles. The van der Waals surface area contributed by atoms with E-state index in [1.54, 1.807) is 11.3 Å². The minimum absolute atomic E-state index is 0.129. The number of rotatable bonds is 1. The van der Waals surface area contributed by atoms with E-state index < -0.39 is 5.60 Å². The molecule has 0 saturated heterocycles. The van der Waals surface area contributed by atoms with Gasteiger partial charge in [0.05, 0.1) is 12.7 Å². The molecule has 2 rings (SSSR count). The number of ketones is 1. The highest BCUT2D eigenvalue weighted by Crippen LogP contribution is 2.36. The van der Waals surface area contributed by atoms with Crippen molar-refractivity contribution in [2.45, 2.75) is 25.9 Å². The van der Waals surface area contributed by atoms with E-state index in [-0.39, 0.29) is 5.78 Å². The van der Waals surface area contributed by atoms with Gasteiger partial charge in [0, 0.05) is 15.8 Å². The van der Waals surface area contributed by atoms with E-state index >= 15 is 0 Å². The van der Waals surface area contributed by atoms with Crippen molar-refractivity contribution in [2.75, 3.05) is 0 Å². The summed E-state index contributed by atoms with van der Waals surface area (Å²) in [5.41, 5.74) is -0.454. The number of allylic oxidation sites excluding steroid dienone is 1. The minimum atomic E-state index is -0.454. The van der Waals surface area contributed by atoms with Crippen LogP contribution in [-0.4, -0.2) is 5.78 Å². The molecule has 14 heavy (non-hydrogen) atoms. The summed E-state index contributed by atoms with van der Waals surface area (Å²) in [6, 6.07) is 4.09. The van der Waals surface area contributed by atoms with Gasteiger partial charge in [0.1, 0.15) is 5.60 Å². The Hall–Kier alpha value is -1.09. The van der Waals surface area contributed by atoms with Crippen LogP contribution in [0.25, 0.3) is 0 Å². The van der Waals surface area contributed by atoms with Crippen LogP contribution in [0.5, 0.6) is 0 Å². The van der Waals surface area contributed by atoms with Crippen LogP contribution in [0.2, 0.25) is 0 Å². The van der Waals surface area contributed by atoms with Crippen molar-refractivity contribution >= 4 is 17.1 Å². The van der Waals surface area contributed by atoms with Gasteiger partial charge in [-0.3, -0.25) is 4.79 Å². The Balaban J connectivity index is 2.33. The zero-order chi connectivity index (χ0) is 10.2. The van der Waals surface area contributed by atoms with Crippen molar-refractivity contribution < 1.29 is 9.53 Å². The quantitative estimate of drug-likeness (QED) is 0.709. The molecule has 0 amide bonds. The summed E-state index contributed by atoms with van der Waals surface area (Å²) in [4.78, 5) is 13.7. The number of carbonyl (C=O) groups excluding carboxylic acids is 1. The zero-order valence-corrected chi connectivity index (χ0v) is 9.06. The van der Waals surface area contributed by atoms with Crippen molar-refractivity contribution in [3.05, 3.63) is 34.2 Å².